The number of ether oxygens (including phenoxy) is 1. The molecule has 0 saturated carbocycles. The molecule has 0 aromatic heterocycles. The second kappa shape index (κ2) is 8.92. The molecule has 0 spiro atoms. The summed E-state index contributed by atoms with van der Waals surface area (Å²) in [4.78, 5) is 12.6. The molecule has 1 atom stereocenters. The zero-order chi connectivity index (χ0) is 21.0. The smallest absolute Gasteiger partial charge is 0.246 e. The van der Waals surface area contributed by atoms with Crippen molar-refractivity contribution in [2.45, 2.75) is 31.1 Å². The highest BCUT2D eigenvalue weighted by Crippen LogP contribution is 2.31. The molecule has 2 aromatic carbocycles. The second-order valence-electron chi connectivity index (χ2n) is 7.00. The first-order chi connectivity index (χ1) is 13.9. The van der Waals surface area contributed by atoms with Gasteiger partial charge in [-0.25, -0.2) is 12.8 Å². The highest BCUT2D eigenvalue weighted by Gasteiger charge is 2.35. The average molecular weight is 421 g/mol. The van der Waals surface area contributed by atoms with E-state index in [0.29, 0.717) is 12.8 Å². The van der Waals surface area contributed by atoms with E-state index in [4.69, 9.17) is 4.74 Å². The minimum absolute atomic E-state index is 0.0438. The van der Waals surface area contributed by atoms with E-state index in [0.717, 1.165) is 29.8 Å². The molecule has 156 valence electrons. The Morgan fingerprint density at radius 1 is 1.28 bits per heavy atom. The molecule has 1 aliphatic rings. The van der Waals surface area contributed by atoms with Crippen LogP contribution in [0.1, 0.15) is 25.3 Å². The third-order valence-corrected chi connectivity index (χ3v) is 7.04. The van der Waals surface area contributed by atoms with Crippen LogP contribution in [0, 0.1) is 11.7 Å². The molecule has 0 bridgehead atoms. The molecule has 0 aliphatic carbocycles. The van der Waals surface area contributed by atoms with Gasteiger partial charge in [-0.2, -0.15) is 4.31 Å². The maximum absolute atomic E-state index is 13.7. The van der Waals surface area contributed by atoms with E-state index in [1.54, 1.807) is 0 Å². The Bertz CT molecular complexity index is 994. The lowest BCUT2D eigenvalue weighted by atomic mass is 9.98. The quantitative estimate of drug-likeness (QED) is 0.777. The van der Waals surface area contributed by atoms with Crippen molar-refractivity contribution in [2.24, 2.45) is 5.92 Å². The highest BCUT2D eigenvalue weighted by atomic mass is 32.2. The highest BCUT2D eigenvalue weighted by molar-refractivity contribution is 7.89. The summed E-state index contributed by atoms with van der Waals surface area (Å²) in [5.74, 6) is -1.28. The van der Waals surface area contributed by atoms with Crippen molar-refractivity contribution in [3.63, 3.8) is 0 Å². The monoisotopic (exact) mass is 420 g/mol. The molecule has 1 saturated heterocycles. The minimum Gasteiger partial charge on any atom is -0.495 e. The Hall–Kier alpha value is -2.45. The number of methoxy groups -OCH3 is 1. The lowest BCUT2D eigenvalue weighted by molar-refractivity contribution is -0.120. The fraction of sp³-hybridized carbons (Fsp3) is 0.381. The van der Waals surface area contributed by atoms with Gasteiger partial charge in [-0.15, -0.1) is 0 Å². The molecule has 1 amide bonds. The number of carbonyl (C=O) groups is 1. The topological polar surface area (TPSA) is 75.7 Å². The van der Waals surface area contributed by atoms with Crippen LogP contribution < -0.4 is 10.1 Å². The van der Waals surface area contributed by atoms with Gasteiger partial charge < -0.3 is 10.1 Å². The Labute approximate surface area is 170 Å². The molecule has 3 rings (SSSR count). The number of aryl methyl sites for hydroxylation is 1. The van der Waals surface area contributed by atoms with Crippen LogP contribution in [0.4, 0.5) is 10.1 Å². The minimum atomic E-state index is -3.99. The van der Waals surface area contributed by atoms with Crippen LogP contribution in [-0.2, 0) is 21.2 Å². The van der Waals surface area contributed by atoms with Crippen LogP contribution in [0.25, 0.3) is 0 Å². The Balaban J connectivity index is 1.80. The van der Waals surface area contributed by atoms with Crippen molar-refractivity contribution in [1.82, 2.24) is 4.31 Å². The van der Waals surface area contributed by atoms with Crippen molar-refractivity contribution in [1.29, 1.82) is 0 Å². The average Bonchev–Trinajstić information content (AvgIpc) is 2.74. The van der Waals surface area contributed by atoms with Crippen molar-refractivity contribution in [3.05, 3.63) is 53.8 Å². The molecule has 1 aliphatic heterocycles. The Morgan fingerprint density at radius 2 is 2.03 bits per heavy atom. The molecule has 2 aromatic rings. The van der Waals surface area contributed by atoms with E-state index in [1.807, 2.05) is 31.2 Å². The van der Waals surface area contributed by atoms with Crippen molar-refractivity contribution >= 4 is 21.6 Å². The number of benzene rings is 2. The molecule has 0 radical (unpaired) electrons. The second-order valence-corrected chi connectivity index (χ2v) is 8.90. The van der Waals surface area contributed by atoms with Gasteiger partial charge in [-0.1, -0.05) is 25.1 Å². The van der Waals surface area contributed by atoms with Gasteiger partial charge in [0.25, 0.3) is 0 Å². The van der Waals surface area contributed by atoms with Crippen LogP contribution in [0.5, 0.6) is 5.75 Å². The summed E-state index contributed by atoms with van der Waals surface area (Å²) in [7, 11) is -2.65. The SMILES string of the molecule is CCc1ccccc1NC(=O)C1CCCN(S(=O)(=O)c2cc(F)ccc2OC)C1. The number of halogens is 1. The number of anilines is 1. The summed E-state index contributed by atoms with van der Waals surface area (Å²) in [6.45, 7) is 2.33. The molecule has 1 N–H and O–H groups in total. The maximum atomic E-state index is 13.7. The van der Waals surface area contributed by atoms with Crippen molar-refractivity contribution in [2.75, 3.05) is 25.5 Å². The number of amides is 1. The van der Waals surface area contributed by atoms with Crippen LogP contribution in [0.15, 0.2) is 47.4 Å². The number of piperidine rings is 1. The Kier molecular flexibility index (Phi) is 6.54. The molecule has 29 heavy (non-hydrogen) atoms. The molecule has 1 unspecified atom stereocenters. The van der Waals surface area contributed by atoms with Gasteiger partial charge in [0.05, 0.1) is 13.0 Å². The van der Waals surface area contributed by atoms with Crippen LogP contribution in [-0.4, -0.2) is 38.8 Å². The van der Waals surface area contributed by atoms with E-state index in [1.165, 1.54) is 17.5 Å². The van der Waals surface area contributed by atoms with E-state index in [9.17, 15) is 17.6 Å². The van der Waals surface area contributed by atoms with Crippen LogP contribution in [0.3, 0.4) is 0 Å². The first-order valence-corrected chi connectivity index (χ1v) is 11.0. The third kappa shape index (κ3) is 4.59. The van der Waals surface area contributed by atoms with Crippen LogP contribution in [0.2, 0.25) is 0 Å². The van der Waals surface area contributed by atoms with Gasteiger partial charge in [-0.05, 0) is 49.1 Å². The normalized spacial score (nSPS) is 17.7. The fourth-order valence-electron chi connectivity index (χ4n) is 3.55. The van der Waals surface area contributed by atoms with Gasteiger partial charge in [0.1, 0.15) is 16.5 Å². The number of para-hydroxylation sites is 1. The van der Waals surface area contributed by atoms with E-state index >= 15 is 0 Å². The lowest BCUT2D eigenvalue weighted by Crippen LogP contribution is -2.43. The molecule has 6 nitrogen and oxygen atoms in total. The zero-order valence-corrected chi connectivity index (χ0v) is 17.3. The largest absolute Gasteiger partial charge is 0.495 e. The number of hydrogen-bond acceptors (Lipinski definition) is 4. The standard InChI is InChI=1S/C21H25FN2O4S/c1-3-15-7-4-5-9-18(15)23-21(25)16-8-6-12-24(14-16)29(26,27)20-13-17(22)10-11-19(20)28-2/h4-5,7,9-11,13,16H,3,6,8,12,14H2,1-2H3,(H,23,25). The van der Waals surface area contributed by atoms with Crippen molar-refractivity contribution < 1.29 is 22.3 Å². The number of nitrogens with zero attached hydrogens (tertiary/aromatic N) is 1. The molecular weight excluding hydrogens is 395 g/mol. The number of rotatable bonds is 6. The summed E-state index contributed by atoms with van der Waals surface area (Å²) in [5.41, 5.74) is 1.76. The molecule has 8 heteroatoms. The van der Waals surface area contributed by atoms with Gasteiger partial charge in [0, 0.05) is 18.8 Å². The number of nitrogens with one attached hydrogen (secondary N) is 1. The summed E-state index contributed by atoms with van der Waals surface area (Å²) in [6, 6.07) is 10.9. The van der Waals surface area contributed by atoms with Gasteiger partial charge in [0.2, 0.25) is 15.9 Å². The van der Waals surface area contributed by atoms with Gasteiger partial charge in [-0.3, -0.25) is 4.79 Å². The first-order valence-electron chi connectivity index (χ1n) is 9.59. The molecule has 1 fully saturated rings. The van der Waals surface area contributed by atoms with Gasteiger partial charge in [0.15, 0.2) is 0 Å². The van der Waals surface area contributed by atoms with E-state index in [2.05, 4.69) is 5.32 Å². The molecular formula is C21H25FN2O4S. The number of hydrogen-bond donors (Lipinski definition) is 1. The summed E-state index contributed by atoms with van der Waals surface area (Å²) in [6.07, 6.45) is 1.91. The third-order valence-electron chi connectivity index (χ3n) is 5.15. The summed E-state index contributed by atoms with van der Waals surface area (Å²) >= 11 is 0. The predicted molar refractivity (Wildman–Crippen MR) is 109 cm³/mol. The Morgan fingerprint density at radius 3 is 2.76 bits per heavy atom. The number of sulfonamides is 1. The predicted octanol–water partition coefficient (Wildman–Crippen LogP) is 3.44. The maximum Gasteiger partial charge on any atom is 0.246 e. The summed E-state index contributed by atoms with van der Waals surface area (Å²) < 4.78 is 46.2. The lowest BCUT2D eigenvalue weighted by Gasteiger charge is -2.31. The van der Waals surface area contributed by atoms with E-state index < -0.39 is 21.8 Å². The van der Waals surface area contributed by atoms with Gasteiger partial charge >= 0.3 is 0 Å². The van der Waals surface area contributed by atoms with Crippen LogP contribution >= 0.6 is 0 Å². The van der Waals surface area contributed by atoms with E-state index in [-0.39, 0.29) is 29.6 Å². The summed E-state index contributed by atoms with van der Waals surface area (Å²) in [5, 5.41) is 2.93. The molecule has 1 heterocycles. The first kappa shape index (κ1) is 21.3. The zero-order valence-electron chi connectivity index (χ0n) is 16.5. The van der Waals surface area contributed by atoms with Crippen molar-refractivity contribution in [3.8, 4) is 5.75 Å². The number of carbonyl (C=O) groups excluding carboxylic acids is 1. The fourth-order valence-corrected chi connectivity index (χ4v) is 5.24.